The predicted octanol–water partition coefficient (Wildman–Crippen LogP) is 0.425. The smallest absolute Gasteiger partial charge is 0.298 e. The minimum absolute atomic E-state index is 0.130. The van der Waals surface area contributed by atoms with E-state index in [4.69, 9.17) is 11.5 Å². The van der Waals surface area contributed by atoms with E-state index < -0.39 is 35.8 Å². The largest absolute Gasteiger partial charge is 0.388 e. The number of aryl methyl sites for hydroxylation is 6. The van der Waals surface area contributed by atoms with Crippen molar-refractivity contribution in [3.05, 3.63) is 93.7 Å². The topological polar surface area (TPSA) is 241 Å². The van der Waals surface area contributed by atoms with E-state index >= 15 is 0 Å². The monoisotopic (exact) mass is 738 g/mol. The first-order chi connectivity index (χ1) is 25.6. The fraction of sp³-hybridized carbons (Fsp3) is 0.333. The quantitative estimate of drug-likeness (QED) is 0.145. The molecule has 6 rings (SSSR count). The Balaban J connectivity index is 1.44. The highest BCUT2D eigenvalue weighted by Gasteiger charge is 2.25. The van der Waals surface area contributed by atoms with Crippen molar-refractivity contribution in [2.45, 2.75) is 66.1 Å². The van der Waals surface area contributed by atoms with Crippen molar-refractivity contribution < 1.29 is 29.4 Å². The van der Waals surface area contributed by atoms with Crippen LogP contribution in [0.3, 0.4) is 0 Å². The molecule has 6 aromatic rings. The van der Waals surface area contributed by atoms with E-state index in [1.165, 1.54) is 21.5 Å². The van der Waals surface area contributed by atoms with Crippen LogP contribution in [-0.4, -0.2) is 83.9 Å². The summed E-state index contributed by atoms with van der Waals surface area (Å²) >= 11 is 0. The number of aliphatic hydroxyl groups is 2. The Morgan fingerprint density at radius 1 is 0.648 bits per heavy atom. The van der Waals surface area contributed by atoms with E-state index in [-0.39, 0.29) is 46.8 Å². The van der Waals surface area contributed by atoms with Gasteiger partial charge in [0.25, 0.3) is 11.8 Å². The first-order valence-electron chi connectivity index (χ1n) is 17.2. The Hall–Kier alpha value is -6.40. The fourth-order valence-corrected chi connectivity index (χ4v) is 6.60. The van der Waals surface area contributed by atoms with Crippen LogP contribution in [0.5, 0.6) is 0 Å². The Morgan fingerprint density at radius 2 is 1.02 bits per heavy atom. The van der Waals surface area contributed by atoms with Gasteiger partial charge in [-0.1, -0.05) is 0 Å². The van der Waals surface area contributed by atoms with Crippen molar-refractivity contribution >= 4 is 45.7 Å². The average Bonchev–Trinajstić information content (AvgIpc) is 3.86. The lowest BCUT2D eigenvalue weighted by Crippen LogP contribution is -2.40. The summed E-state index contributed by atoms with van der Waals surface area (Å²) < 4.78 is 9.41. The van der Waals surface area contributed by atoms with Crippen molar-refractivity contribution in [1.82, 2.24) is 37.8 Å². The fourth-order valence-electron chi connectivity index (χ4n) is 6.60. The van der Waals surface area contributed by atoms with Gasteiger partial charge < -0.3 is 39.9 Å². The third-order valence-corrected chi connectivity index (χ3v) is 9.34. The number of aromatic nitrogens is 8. The van der Waals surface area contributed by atoms with Gasteiger partial charge in [0.05, 0.1) is 58.8 Å². The molecule has 18 nitrogen and oxygen atoms in total. The van der Waals surface area contributed by atoms with Gasteiger partial charge in [-0.3, -0.25) is 28.5 Å². The normalized spacial score (nSPS) is 13.6. The molecule has 6 N–H and O–H groups in total. The molecule has 4 aromatic heterocycles. The van der Waals surface area contributed by atoms with E-state index in [9.17, 15) is 29.4 Å². The number of carbonyl (C=O) groups is 4. The van der Waals surface area contributed by atoms with E-state index in [0.29, 0.717) is 46.5 Å². The van der Waals surface area contributed by atoms with Crippen LogP contribution in [0.4, 0.5) is 0 Å². The second-order valence-electron chi connectivity index (χ2n) is 13.0. The Kier molecular flexibility index (Phi) is 10.1. The molecule has 2 aromatic carbocycles. The van der Waals surface area contributed by atoms with Crippen molar-refractivity contribution in [2.24, 2.45) is 35.5 Å². The Labute approximate surface area is 307 Å². The highest BCUT2D eigenvalue weighted by molar-refractivity contribution is 5.98. The van der Waals surface area contributed by atoms with E-state index in [1.807, 2.05) is 13.8 Å². The van der Waals surface area contributed by atoms with Gasteiger partial charge in [-0.15, -0.1) is 0 Å². The van der Waals surface area contributed by atoms with E-state index in [2.05, 4.69) is 20.2 Å². The molecule has 0 fully saturated rings. The number of carbonyl (C=O) groups excluding carboxylic acids is 4. The number of primary amides is 2. The first kappa shape index (κ1) is 37.4. The number of nitrogens with two attached hydrogens (primary N) is 2. The van der Waals surface area contributed by atoms with Gasteiger partial charge in [0.15, 0.2) is 0 Å². The standard InChI is InChI=1S/C36H42N12O6/c1-7-47-27(13-19(3)41-47)33(53)39-35-43(5)25-15-21(31(37)51)9-11-23(25)45(35)17-29(49)30(50)18-46-24-12-10-22(32(38)52)16-26(24)44(6)36(46)40-34(54)28-14-20(4)42-48(28)8-2/h9-16,29-30,49-50H,7-8,17-18H2,1-6H3,(H2,37,51)(H2,38,52). The summed E-state index contributed by atoms with van der Waals surface area (Å²) in [7, 11) is 3.31. The zero-order chi connectivity index (χ0) is 39.2. The number of rotatable bonds is 11. The van der Waals surface area contributed by atoms with Crippen LogP contribution in [0.15, 0.2) is 58.5 Å². The molecule has 4 amide bonds. The summed E-state index contributed by atoms with van der Waals surface area (Å²) in [6.07, 6.45) is -2.94. The van der Waals surface area contributed by atoms with Crippen molar-refractivity contribution in [2.75, 3.05) is 0 Å². The van der Waals surface area contributed by atoms with Gasteiger partial charge in [-0.05, 0) is 76.2 Å². The number of hydrogen-bond acceptors (Lipinski definition) is 8. The van der Waals surface area contributed by atoms with Gasteiger partial charge in [0.1, 0.15) is 11.4 Å². The number of hydrogen-bond donors (Lipinski definition) is 4. The van der Waals surface area contributed by atoms with Gasteiger partial charge in [0.2, 0.25) is 23.1 Å². The SMILES string of the molecule is CCn1nc(C)cc1C(=O)N=c1n(C)c2cc(C(N)=O)ccc2n1CC(O)C(O)Cn1c(=NC(=O)c2cc(C)nn2CC)n(C)c2cc(C(N)=O)ccc21. The predicted molar refractivity (Wildman–Crippen MR) is 196 cm³/mol. The number of benzene rings is 2. The minimum Gasteiger partial charge on any atom is -0.388 e. The van der Waals surface area contributed by atoms with Crippen LogP contribution < -0.4 is 22.7 Å². The van der Waals surface area contributed by atoms with Gasteiger partial charge >= 0.3 is 0 Å². The molecule has 0 radical (unpaired) electrons. The molecule has 18 heteroatoms. The zero-order valence-corrected chi connectivity index (χ0v) is 30.8. The van der Waals surface area contributed by atoms with Crippen LogP contribution in [-0.2, 0) is 40.3 Å². The third-order valence-electron chi connectivity index (χ3n) is 9.34. The second-order valence-corrected chi connectivity index (χ2v) is 13.0. The molecule has 0 aliphatic heterocycles. The average molecular weight is 739 g/mol. The molecule has 282 valence electrons. The summed E-state index contributed by atoms with van der Waals surface area (Å²) in [6.45, 7) is 7.61. The van der Waals surface area contributed by atoms with Gasteiger partial charge in [-0.25, -0.2) is 0 Å². The maximum absolute atomic E-state index is 13.6. The van der Waals surface area contributed by atoms with Crippen LogP contribution in [0, 0.1) is 13.8 Å². The maximum Gasteiger partial charge on any atom is 0.298 e. The lowest BCUT2D eigenvalue weighted by atomic mass is 10.1. The molecule has 54 heavy (non-hydrogen) atoms. The maximum atomic E-state index is 13.6. The van der Waals surface area contributed by atoms with E-state index in [1.54, 1.807) is 82.6 Å². The molecule has 4 heterocycles. The van der Waals surface area contributed by atoms with Crippen LogP contribution in [0.1, 0.15) is 66.9 Å². The molecule has 2 atom stereocenters. The summed E-state index contributed by atoms with van der Waals surface area (Å²) in [5, 5.41) is 32.0. The summed E-state index contributed by atoms with van der Waals surface area (Å²) in [5.41, 5.74) is 15.6. The Bertz CT molecular complexity index is 2450. The molecule has 0 saturated carbocycles. The van der Waals surface area contributed by atoms with Gasteiger partial charge in [0, 0.05) is 38.3 Å². The van der Waals surface area contributed by atoms with Crippen molar-refractivity contribution in [1.29, 1.82) is 0 Å². The highest BCUT2D eigenvalue weighted by Crippen LogP contribution is 2.19. The zero-order valence-electron chi connectivity index (χ0n) is 30.8. The van der Waals surface area contributed by atoms with Crippen molar-refractivity contribution in [3.8, 4) is 0 Å². The number of imidazole rings is 2. The minimum atomic E-state index is -1.47. The van der Waals surface area contributed by atoms with Crippen LogP contribution >= 0.6 is 0 Å². The Morgan fingerprint density at radius 3 is 1.35 bits per heavy atom. The van der Waals surface area contributed by atoms with Crippen molar-refractivity contribution in [3.63, 3.8) is 0 Å². The highest BCUT2D eigenvalue weighted by atomic mass is 16.3. The summed E-state index contributed by atoms with van der Waals surface area (Å²) in [5.74, 6) is -2.47. The van der Waals surface area contributed by atoms with E-state index in [0.717, 1.165) is 0 Å². The molecule has 0 saturated heterocycles. The molecule has 0 aliphatic rings. The lowest BCUT2D eigenvalue weighted by molar-refractivity contribution is -0.000154. The first-order valence-corrected chi connectivity index (χ1v) is 17.2. The van der Waals surface area contributed by atoms with Gasteiger partial charge in [-0.2, -0.15) is 20.2 Å². The molecular weight excluding hydrogens is 696 g/mol. The second kappa shape index (κ2) is 14.6. The molecule has 0 spiro atoms. The third kappa shape index (κ3) is 6.79. The van der Waals surface area contributed by atoms with Crippen LogP contribution in [0.25, 0.3) is 22.1 Å². The van der Waals surface area contributed by atoms with Crippen LogP contribution in [0.2, 0.25) is 0 Å². The lowest BCUT2D eigenvalue weighted by Gasteiger charge is -2.20. The number of amides is 4. The molecule has 2 unspecified atom stereocenters. The number of aliphatic hydroxyl groups excluding tert-OH is 2. The molecular formula is C36H42N12O6. The molecule has 0 aliphatic carbocycles. The summed E-state index contributed by atoms with van der Waals surface area (Å²) in [4.78, 5) is 60.1. The number of fused-ring (bicyclic) bond motifs is 2. The summed E-state index contributed by atoms with van der Waals surface area (Å²) in [6, 6.07) is 12.7. The number of nitrogens with zero attached hydrogens (tertiary/aromatic N) is 10. The molecule has 0 bridgehead atoms.